The Morgan fingerprint density at radius 2 is 0.300 bits per heavy atom. The lowest BCUT2D eigenvalue weighted by Crippen LogP contribution is -2.76. The van der Waals surface area contributed by atoms with E-state index in [1.807, 2.05) is 0 Å². The second kappa shape index (κ2) is 12.1. The third-order valence-electron chi connectivity index (χ3n) is 30.0. The van der Waals surface area contributed by atoms with Crippen LogP contribution in [0.5, 0.6) is 0 Å². The molecule has 0 radical (unpaired) electrons. The van der Waals surface area contributed by atoms with Crippen LogP contribution in [-0.2, 0) is 0 Å². The minimum absolute atomic E-state index is 1.17. The van der Waals surface area contributed by atoms with Crippen LogP contribution in [0.15, 0.2) is 0 Å². The highest BCUT2D eigenvalue weighted by atomic mass is 14.8. The van der Waals surface area contributed by atoms with Gasteiger partial charge in [0.15, 0.2) is 0 Å². The minimum Gasteiger partial charge on any atom is -0.0530 e. The standard InChI is InChI=1S/C60H86/c1-3-11-29-27(9-1)31-13-5-15-33-35-17-7-19-37-39-22-24-42-46-26-44-30-12-4-2-10-28(30)32-14-6-16-34-36-18-8-20-38-40-21-23-41-45-25-43(29)55(47(31)33)59(49(35)37)57(45)51(39)54(42)53(41)52(40)58(46)60(50(36)38)56(44)48(32)34/h27-60H,1-26H2. The largest absolute Gasteiger partial charge is 0.0530 e. The van der Waals surface area contributed by atoms with E-state index in [4.69, 9.17) is 0 Å². The summed E-state index contributed by atoms with van der Waals surface area (Å²) < 4.78 is 0. The molecule has 34 atom stereocenters. The quantitative estimate of drug-likeness (QED) is 0.229. The first-order chi connectivity index (χ1) is 29.8. The van der Waals surface area contributed by atoms with Crippen LogP contribution in [0, 0.1) is 201 Å². The van der Waals surface area contributed by atoms with Crippen molar-refractivity contribution in [3.63, 3.8) is 0 Å². The average Bonchev–Trinajstić information content (AvgIpc) is 3.31. The number of rotatable bonds is 0. The van der Waals surface area contributed by atoms with Crippen molar-refractivity contribution in [1.29, 1.82) is 0 Å². The minimum atomic E-state index is 1.17. The molecule has 18 aliphatic rings. The van der Waals surface area contributed by atoms with Gasteiger partial charge in [-0.3, -0.25) is 0 Å². The van der Waals surface area contributed by atoms with Gasteiger partial charge in [0, 0.05) is 0 Å². The zero-order valence-electron chi connectivity index (χ0n) is 38.0. The van der Waals surface area contributed by atoms with Gasteiger partial charge >= 0.3 is 0 Å². The lowest BCUT2D eigenvalue weighted by Gasteiger charge is -2.81. The summed E-state index contributed by atoms with van der Waals surface area (Å²) in [6.07, 6.45) is 43.8. The molecule has 0 heteroatoms. The molecule has 326 valence electrons. The van der Waals surface area contributed by atoms with E-state index in [0.29, 0.717) is 0 Å². The maximum Gasteiger partial charge on any atom is -0.0312 e. The monoisotopic (exact) mass is 807 g/mol. The lowest BCUT2D eigenvalue weighted by atomic mass is 9.23. The molecule has 0 bridgehead atoms. The molecule has 18 aliphatic carbocycles. The van der Waals surface area contributed by atoms with Gasteiger partial charge in [0.05, 0.1) is 0 Å². The van der Waals surface area contributed by atoms with Crippen LogP contribution >= 0.6 is 0 Å². The van der Waals surface area contributed by atoms with Gasteiger partial charge < -0.3 is 0 Å². The lowest BCUT2D eigenvalue weighted by molar-refractivity contribution is -0.339. The van der Waals surface area contributed by atoms with Crippen molar-refractivity contribution in [2.75, 3.05) is 0 Å². The average molecular weight is 807 g/mol. The number of hydrogen-bond donors (Lipinski definition) is 0. The summed E-state index contributed by atoms with van der Waals surface area (Å²) in [6, 6.07) is 0. The van der Waals surface area contributed by atoms with Crippen molar-refractivity contribution in [2.45, 2.75) is 167 Å². The molecule has 0 spiro atoms. The Labute approximate surface area is 366 Å². The van der Waals surface area contributed by atoms with Gasteiger partial charge in [-0.2, -0.15) is 0 Å². The van der Waals surface area contributed by atoms with Crippen molar-refractivity contribution in [1.82, 2.24) is 0 Å². The van der Waals surface area contributed by atoms with Crippen molar-refractivity contribution in [2.24, 2.45) is 201 Å². The van der Waals surface area contributed by atoms with E-state index in [1.165, 1.54) is 201 Å². The Morgan fingerprint density at radius 1 is 0.117 bits per heavy atom. The van der Waals surface area contributed by atoms with Crippen molar-refractivity contribution in [3.8, 4) is 0 Å². The first-order valence-electron chi connectivity index (χ1n) is 29.8. The predicted molar refractivity (Wildman–Crippen MR) is 239 cm³/mol. The SMILES string of the molecule is C1CCC2C(C1)C1CCCC3C4CCCC5C6CCC7C8CC9C%10CCCCC%10C%10CCCC%11C%12CCCC%13C%14CCC%15C%16CC2C(C13)C(C45)C%16C6C7C%15C%14C8C(C%12%13)C9C%10%11. The van der Waals surface area contributed by atoms with Crippen LogP contribution in [0.3, 0.4) is 0 Å². The Morgan fingerprint density at radius 3 is 0.633 bits per heavy atom. The van der Waals surface area contributed by atoms with Crippen molar-refractivity contribution >= 4 is 0 Å². The molecule has 18 fully saturated rings. The molecule has 0 nitrogen and oxygen atoms in total. The van der Waals surface area contributed by atoms with Crippen LogP contribution in [0.1, 0.15) is 167 Å². The molecule has 0 amide bonds. The molecule has 0 saturated heterocycles. The highest BCUT2D eigenvalue weighted by Gasteiger charge is 2.79. The Bertz CT molecular complexity index is 1660. The first-order valence-corrected chi connectivity index (χ1v) is 29.8. The highest BCUT2D eigenvalue weighted by Crippen LogP contribution is 2.84. The van der Waals surface area contributed by atoms with Crippen LogP contribution in [-0.4, -0.2) is 0 Å². The van der Waals surface area contributed by atoms with Crippen LogP contribution in [0.4, 0.5) is 0 Å². The second-order valence-electron chi connectivity index (χ2n) is 29.3. The van der Waals surface area contributed by atoms with Crippen molar-refractivity contribution < 1.29 is 0 Å². The molecule has 0 aromatic carbocycles. The Hall–Kier alpha value is 0. The molecular formula is C60H86. The molecule has 18 rings (SSSR count). The van der Waals surface area contributed by atoms with E-state index in [-0.39, 0.29) is 0 Å². The fraction of sp³-hybridized carbons (Fsp3) is 1.00. The number of fused-ring (bicyclic) bond motifs is 12. The van der Waals surface area contributed by atoms with Crippen molar-refractivity contribution in [3.05, 3.63) is 0 Å². The third kappa shape index (κ3) is 3.89. The first kappa shape index (κ1) is 35.2. The molecule has 0 N–H and O–H groups in total. The van der Waals surface area contributed by atoms with E-state index in [0.717, 1.165) is 0 Å². The fourth-order valence-electron chi connectivity index (χ4n) is 30.7. The Kier molecular flexibility index (Phi) is 7.11. The molecule has 0 aromatic heterocycles. The smallest absolute Gasteiger partial charge is 0.0312 e. The van der Waals surface area contributed by atoms with Crippen LogP contribution < -0.4 is 0 Å². The molecule has 0 aromatic rings. The van der Waals surface area contributed by atoms with Gasteiger partial charge in [-0.15, -0.1) is 0 Å². The molecule has 0 heterocycles. The number of hydrogen-bond acceptors (Lipinski definition) is 0. The zero-order chi connectivity index (χ0) is 38.0. The van der Waals surface area contributed by atoms with Gasteiger partial charge in [-0.1, -0.05) is 51.4 Å². The van der Waals surface area contributed by atoms with E-state index < -0.39 is 0 Å². The van der Waals surface area contributed by atoms with Gasteiger partial charge in [0.2, 0.25) is 0 Å². The van der Waals surface area contributed by atoms with E-state index in [2.05, 4.69) is 0 Å². The topological polar surface area (TPSA) is 0 Å². The van der Waals surface area contributed by atoms with E-state index in [9.17, 15) is 0 Å². The molecule has 34 unspecified atom stereocenters. The summed E-state index contributed by atoms with van der Waals surface area (Å²) in [7, 11) is 0. The molecule has 0 aliphatic heterocycles. The summed E-state index contributed by atoms with van der Waals surface area (Å²) in [5.74, 6) is 40.5. The second-order valence-corrected chi connectivity index (χ2v) is 29.3. The van der Waals surface area contributed by atoms with Gasteiger partial charge in [0.25, 0.3) is 0 Å². The molecule has 60 heavy (non-hydrogen) atoms. The van der Waals surface area contributed by atoms with Crippen LogP contribution in [0.25, 0.3) is 0 Å². The summed E-state index contributed by atoms with van der Waals surface area (Å²) in [6.45, 7) is 0. The molecule has 18 saturated carbocycles. The third-order valence-corrected chi connectivity index (χ3v) is 30.0. The predicted octanol–water partition coefficient (Wildman–Crippen LogP) is 14.3. The van der Waals surface area contributed by atoms with E-state index in [1.54, 1.807) is 167 Å². The van der Waals surface area contributed by atoms with Gasteiger partial charge in [-0.25, -0.2) is 0 Å². The summed E-state index contributed by atoms with van der Waals surface area (Å²) in [5.41, 5.74) is 0. The maximum absolute atomic E-state index is 1.80. The summed E-state index contributed by atoms with van der Waals surface area (Å²) in [5, 5.41) is 0. The normalized spacial score (nSPS) is 71.6. The molecular weight excluding hydrogens is 721 g/mol. The highest BCUT2D eigenvalue weighted by molar-refractivity contribution is 5.27. The summed E-state index contributed by atoms with van der Waals surface area (Å²) in [4.78, 5) is 0. The summed E-state index contributed by atoms with van der Waals surface area (Å²) >= 11 is 0. The van der Waals surface area contributed by atoms with Gasteiger partial charge in [-0.05, 0) is 317 Å². The Balaban J connectivity index is 0.822. The van der Waals surface area contributed by atoms with Gasteiger partial charge in [0.1, 0.15) is 0 Å². The van der Waals surface area contributed by atoms with E-state index >= 15 is 0 Å². The zero-order valence-corrected chi connectivity index (χ0v) is 38.0. The maximum atomic E-state index is 1.80. The van der Waals surface area contributed by atoms with Crippen LogP contribution in [0.2, 0.25) is 0 Å². The fourth-order valence-corrected chi connectivity index (χ4v) is 30.7.